The molecule has 1 unspecified atom stereocenters. The van der Waals surface area contributed by atoms with Gasteiger partial charge in [-0.1, -0.05) is 22.9 Å². The molecule has 1 N–H and O–H groups in total. The Kier molecular flexibility index (Phi) is 5.07. The van der Waals surface area contributed by atoms with Crippen molar-refractivity contribution in [1.82, 2.24) is 5.32 Å². The average molecular weight is 311 g/mol. The van der Waals surface area contributed by atoms with Gasteiger partial charge in [-0.25, -0.2) is 0 Å². The first-order valence-electron chi connectivity index (χ1n) is 7.00. The Morgan fingerprint density at radius 1 is 1.33 bits per heavy atom. The smallest absolute Gasteiger partial charge is 0.0415 e. The van der Waals surface area contributed by atoms with E-state index in [1.165, 1.54) is 48.1 Å². The Hall–Kier alpha value is -0.540. The van der Waals surface area contributed by atoms with Crippen molar-refractivity contribution in [2.24, 2.45) is 0 Å². The van der Waals surface area contributed by atoms with Crippen molar-refractivity contribution < 1.29 is 0 Å². The van der Waals surface area contributed by atoms with Crippen molar-refractivity contribution in [3.05, 3.63) is 28.2 Å². The third-order valence-electron chi connectivity index (χ3n) is 3.60. The van der Waals surface area contributed by atoms with Crippen LogP contribution >= 0.6 is 15.9 Å². The Bertz CT molecular complexity index is 386. The van der Waals surface area contributed by atoms with Gasteiger partial charge in [0.15, 0.2) is 0 Å². The predicted octanol–water partition coefficient (Wildman–Crippen LogP) is 4.11. The summed E-state index contributed by atoms with van der Waals surface area (Å²) in [6, 6.07) is 7.09. The van der Waals surface area contributed by atoms with Crippen LogP contribution < -0.4 is 10.2 Å². The fourth-order valence-electron chi connectivity index (χ4n) is 2.59. The van der Waals surface area contributed by atoms with Gasteiger partial charge in [-0.05, 0) is 56.5 Å². The highest BCUT2D eigenvalue weighted by Crippen LogP contribution is 2.31. The van der Waals surface area contributed by atoms with Gasteiger partial charge in [0.25, 0.3) is 0 Å². The van der Waals surface area contributed by atoms with Crippen LogP contribution in [0.4, 0.5) is 5.69 Å². The van der Waals surface area contributed by atoms with E-state index in [9.17, 15) is 0 Å². The number of benzene rings is 1. The van der Waals surface area contributed by atoms with E-state index in [0.717, 1.165) is 6.54 Å². The Labute approximate surface area is 119 Å². The molecule has 0 saturated carbocycles. The molecule has 3 heteroatoms. The van der Waals surface area contributed by atoms with E-state index in [1.807, 2.05) is 0 Å². The number of anilines is 1. The Morgan fingerprint density at radius 3 is 2.72 bits per heavy atom. The van der Waals surface area contributed by atoms with E-state index < -0.39 is 0 Å². The summed E-state index contributed by atoms with van der Waals surface area (Å²) in [6.45, 7) is 7.95. The minimum absolute atomic E-state index is 0.415. The molecule has 0 aromatic heterocycles. The van der Waals surface area contributed by atoms with Gasteiger partial charge in [0.2, 0.25) is 0 Å². The zero-order chi connectivity index (χ0) is 13.0. The van der Waals surface area contributed by atoms with Crippen LogP contribution in [-0.4, -0.2) is 19.6 Å². The van der Waals surface area contributed by atoms with Crippen molar-refractivity contribution in [2.75, 3.05) is 24.5 Å². The molecule has 1 aromatic rings. The molecule has 1 heterocycles. The van der Waals surface area contributed by atoms with Crippen LogP contribution in [0.15, 0.2) is 22.7 Å². The number of halogens is 1. The molecule has 1 aromatic carbocycles. The second kappa shape index (κ2) is 6.58. The third kappa shape index (κ3) is 3.27. The third-order valence-corrected chi connectivity index (χ3v) is 4.10. The second-order valence-corrected chi connectivity index (χ2v) is 5.99. The standard InChI is InChI=1S/C15H23BrN2/c1-3-8-17-12(2)14-11-13(16)6-7-15(14)18-9-4-5-10-18/h6-7,11-12,17H,3-5,8-10H2,1-2H3. The lowest BCUT2D eigenvalue weighted by atomic mass is 10.1. The maximum Gasteiger partial charge on any atom is 0.0415 e. The van der Waals surface area contributed by atoms with Crippen LogP contribution in [0.25, 0.3) is 0 Å². The fraction of sp³-hybridized carbons (Fsp3) is 0.600. The van der Waals surface area contributed by atoms with Crippen LogP contribution in [0.3, 0.4) is 0 Å². The highest BCUT2D eigenvalue weighted by atomic mass is 79.9. The van der Waals surface area contributed by atoms with Crippen molar-refractivity contribution in [3.8, 4) is 0 Å². The molecule has 1 aliphatic rings. The van der Waals surface area contributed by atoms with Gasteiger partial charge < -0.3 is 10.2 Å². The van der Waals surface area contributed by atoms with E-state index in [-0.39, 0.29) is 0 Å². The zero-order valence-corrected chi connectivity index (χ0v) is 13.0. The Balaban J connectivity index is 2.22. The molecule has 1 aliphatic heterocycles. The van der Waals surface area contributed by atoms with Gasteiger partial charge in [-0.15, -0.1) is 0 Å². The Morgan fingerprint density at radius 2 is 2.06 bits per heavy atom. The molecule has 100 valence electrons. The normalized spacial score (nSPS) is 17.2. The van der Waals surface area contributed by atoms with Crippen LogP contribution in [-0.2, 0) is 0 Å². The average Bonchev–Trinajstić information content (AvgIpc) is 2.89. The summed E-state index contributed by atoms with van der Waals surface area (Å²) in [5, 5.41) is 3.59. The monoisotopic (exact) mass is 310 g/mol. The van der Waals surface area contributed by atoms with E-state index in [1.54, 1.807) is 0 Å². The second-order valence-electron chi connectivity index (χ2n) is 5.07. The number of hydrogen-bond donors (Lipinski definition) is 1. The van der Waals surface area contributed by atoms with E-state index in [0.29, 0.717) is 6.04 Å². The van der Waals surface area contributed by atoms with Crippen molar-refractivity contribution >= 4 is 21.6 Å². The molecule has 1 fully saturated rings. The summed E-state index contributed by atoms with van der Waals surface area (Å²) in [4.78, 5) is 2.52. The zero-order valence-electron chi connectivity index (χ0n) is 11.4. The molecule has 2 nitrogen and oxygen atoms in total. The van der Waals surface area contributed by atoms with Crippen LogP contribution in [0.1, 0.15) is 44.7 Å². The first kappa shape index (κ1) is 13.9. The molecule has 1 atom stereocenters. The summed E-state index contributed by atoms with van der Waals surface area (Å²) in [6.07, 6.45) is 3.83. The highest BCUT2D eigenvalue weighted by molar-refractivity contribution is 9.10. The van der Waals surface area contributed by atoms with Crippen molar-refractivity contribution in [1.29, 1.82) is 0 Å². The van der Waals surface area contributed by atoms with E-state index >= 15 is 0 Å². The molecule has 0 amide bonds. The summed E-state index contributed by atoms with van der Waals surface area (Å²) in [7, 11) is 0. The van der Waals surface area contributed by atoms with E-state index in [4.69, 9.17) is 0 Å². The van der Waals surface area contributed by atoms with Gasteiger partial charge in [0, 0.05) is 29.3 Å². The van der Waals surface area contributed by atoms with Crippen molar-refractivity contribution in [2.45, 2.75) is 39.2 Å². The molecule has 2 rings (SSSR count). The van der Waals surface area contributed by atoms with Crippen LogP contribution in [0.5, 0.6) is 0 Å². The summed E-state index contributed by atoms with van der Waals surface area (Å²) >= 11 is 3.60. The molecule has 1 saturated heterocycles. The van der Waals surface area contributed by atoms with Gasteiger partial charge in [0.05, 0.1) is 0 Å². The van der Waals surface area contributed by atoms with Gasteiger partial charge in [0.1, 0.15) is 0 Å². The molecular weight excluding hydrogens is 288 g/mol. The summed E-state index contributed by atoms with van der Waals surface area (Å²) in [5.41, 5.74) is 2.83. The molecule has 18 heavy (non-hydrogen) atoms. The number of nitrogens with one attached hydrogen (secondary N) is 1. The van der Waals surface area contributed by atoms with Crippen molar-refractivity contribution in [3.63, 3.8) is 0 Å². The van der Waals surface area contributed by atoms with Gasteiger partial charge in [-0.3, -0.25) is 0 Å². The molecule has 0 spiro atoms. The van der Waals surface area contributed by atoms with Gasteiger partial charge >= 0.3 is 0 Å². The molecule has 0 aliphatic carbocycles. The number of hydrogen-bond acceptors (Lipinski definition) is 2. The SMILES string of the molecule is CCCNC(C)c1cc(Br)ccc1N1CCCC1. The molecule has 0 bridgehead atoms. The minimum atomic E-state index is 0.415. The van der Waals surface area contributed by atoms with Gasteiger partial charge in [-0.2, -0.15) is 0 Å². The maximum atomic E-state index is 3.60. The lowest BCUT2D eigenvalue weighted by molar-refractivity contribution is 0.570. The topological polar surface area (TPSA) is 15.3 Å². The number of rotatable bonds is 5. The first-order valence-corrected chi connectivity index (χ1v) is 7.79. The molecular formula is C15H23BrN2. The minimum Gasteiger partial charge on any atom is -0.371 e. The summed E-state index contributed by atoms with van der Waals surface area (Å²) < 4.78 is 1.17. The lowest BCUT2D eigenvalue weighted by Gasteiger charge is -2.25. The van der Waals surface area contributed by atoms with E-state index in [2.05, 4.69) is 58.2 Å². The predicted molar refractivity (Wildman–Crippen MR) is 82.3 cm³/mol. The van der Waals surface area contributed by atoms with Crippen LogP contribution in [0.2, 0.25) is 0 Å². The summed E-state index contributed by atoms with van der Waals surface area (Å²) in [5.74, 6) is 0. The molecule has 0 radical (unpaired) electrons. The first-order chi connectivity index (χ1) is 8.72. The fourth-order valence-corrected chi connectivity index (χ4v) is 2.97. The number of nitrogens with zero attached hydrogens (tertiary/aromatic N) is 1. The van der Waals surface area contributed by atoms with Crippen LogP contribution in [0, 0.1) is 0 Å². The highest BCUT2D eigenvalue weighted by Gasteiger charge is 2.18. The lowest BCUT2D eigenvalue weighted by Crippen LogP contribution is -2.24. The maximum absolute atomic E-state index is 3.60. The largest absolute Gasteiger partial charge is 0.371 e. The quantitative estimate of drug-likeness (QED) is 0.880.